The summed E-state index contributed by atoms with van der Waals surface area (Å²) in [5.74, 6) is 0.503. The molecule has 1 fully saturated rings. The summed E-state index contributed by atoms with van der Waals surface area (Å²) in [4.78, 5) is 0. The maximum atomic E-state index is 9.16. The smallest absolute Gasteiger partial charge is 0.0806 e. The van der Waals surface area contributed by atoms with E-state index in [1.165, 1.54) is 0 Å². The van der Waals surface area contributed by atoms with Gasteiger partial charge in [0, 0.05) is 12.3 Å². The molecule has 0 amide bonds. The molecule has 0 spiro atoms. The number of rotatable bonds is 0. The van der Waals surface area contributed by atoms with Gasteiger partial charge in [0.1, 0.15) is 0 Å². The van der Waals surface area contributed by atoms with Crippen LogP contribution in [0.3, 0.4) is 0 Å². The van der Waals surface area contributed by atoms with E-state index in [4.69, 9.17) is 5.11 Å². The monoisotopic (exact) mass is 116 g/mol. The summed E-state index contributed by atoms with van der Waals surface area (Å²) in [6, 6.07) is 0. The fraction of sp³-hybridized carbons (Fsp3) is 1.00. The highest BCUT2D eigenvalue weighted by atomic mass is 16.3. The normalized spacial score (nSPS) is 39.8. The average molecular weight is 116 g/mol. The molecule has 3 N–H and O–H groups in total. The van der Waals surface area contributed by atoms with E-state index in [1.807, 2.05) is 0 Å². The zero-order chi connectivity index (χ0) is 5.98. The van der Waals surface area contributed by atoms with Crippen LogP contribution in [0.2, 0.25) is 0 Å². The van der Waals surface area contributed by atoms with Crippen LogP contribution in [-0.4, -0.2) is 24.3 Å². The van der Waals surface area contributed by atoms with E-state index in [0.717, 1.165) is 19.5 Å². The van der Waals surface area contributed by atoms with Crippen molar-refractivity contribution in [3.63, 3.8) is 0 Å². The van der Waals surface area contributed by atoms with Crippen molar-refractivity contribution < 1.29 is 10.4 Å². The van der Waals surface area contributed by atoms with Crippen LogP contribution in [0, 0.1) is 5.92 Å². The van der Waals surface area contributed by atoms with Crippen LogP contribution in [-0.2, 0) is 0 Å². The molecule has 8 heavy (non-hydrogen) atoms. The summed E-state index contributed by atoms with van der Waals surface area (Å²) in [6.45, 7) is 4.30. The van der Waals surface area contributed by atoms with Crippen molar-refractivity contribution in [2.24, 2.45) is 5.92 Å². The van der Waals surface area contributed by atoms with E-state index in [2.05, 4.69) is 12.2 Å². The number of aliphatic hydroxyl groups excluding tert-OH is 1. The maximum absolute atomic E-state index is 9.16. The summed E-state index contributed by atoms with van der Waals surface area (Å²) in [5.41, 5.74) is 0. The van der Waals surface area contributed by atoms with Crippen molar-refractivity contribution in [2.75, 3.05) is 13.1 Å². The third-order valence-electron chi connectivity index (χ3n) is 1.86. The molecular formula is C6H14NO+. The number of nitrogens with two attached hydrogens (primary N) is 1. The van der Waals surface area contributed by atoms with Crippen molar-refractivity contribution in [3.8, 4) is 0 Å². The molecule has 2 atom stereocenters. The minimum atomic E-state index is -0.0278. The summed E-state index contributed by atoms with van der Waals surface area (Å²) in [5, 5.41) is 11.4. The van der Waals surface area contributed by atoms with Crippen LogP contribution in [0.5, 0.6) is 0 Å². The SMILES string of the molecule is C[C@@H]1C[NH2+]CC[C@H]1O. The molecule has 1 saturated heterocycles. The molecule has 2 heteroatoms. The quantitative estimate of drug-likeness (QED) is 0.416. The molecule has 0 unspecified atom stereocenters. The minimum absolute atomic E-state index is 0.0278. The zero-order valence-electron chi connectivity index (χ0n) is 5.30. The largest absolute Gasteiger partial charge is 0.392 e. The van der Waals surface area contributed by atoms with Crippen molar-refractivity contribution in [1.82, 2.24) is 0 Å². The molecule has 0 aliphatic carbocycles. The number of piperidine rings is 1. The lowest BCUT2D eigenvalue weighted by Crippen LogP contribution is -2.88. The maximum Gasteiger partial charge on any atom is 0.0806 e. The minimum Gasteiger partial charge on any atom is -0.392 e. The van der Waals surface area contributed by atoms with Gasteiger partial charge in [-0.15, -0.1) is 0 Å². The standard InChI is InChI=1S/C6H13NO/c1-5-4-7-3-2-6(5)8/h5-8H,2-4H2,1H3/p+1/t5-,6-/m1/s1. The summed E-state index contributed by atoms with van der Waals surface area (Å²) in [7, 11) is 0. The molecule has 1 aliphatic heterocycles. The van der Waals surface area contributed by atoms with Gasteiger partial charge in [0.25, 0.3) is 0 Å². The molecule has 1 aliphatic rings. The second-order valence-electron chi connectivity index (χ2n) is 2.65. The first-order valence-corrected chi connectivity index (χ1v) is 3.30. The number of hydrogen-bond donors (Lipinski definition) is 2. The Morgan fingerprint density at radius 2 is 2.38 bits per heavy atom. The molecule has 0 saturated carbocycles. The van der Waals surface area contributed by atoms with E-state index in [0.29, 0.717) is 5.92 Å². The van der Waals surface area contributed by atoms with Crippen molar-refractivity contribution >= 4 is 0 Å². The lowest BCUT2D eigenvalue weighted by molar-refractivity contribution is -0.671. The third kappa shape index (κ3) is 1.20. The van der Waals surface area contributed by atoms with Crippen LogP contribution in [0.25, 0.3) is 0 Å². The molecule has 1 heterocycles. The fourth-order valence-electron chi connectivity index (χ4n) is 1.11. The zero-order valence-corrected chi connectivity index (χ0v) is 5.30. The predicted molar refractivity (Wildman–Crippen MR) is 31.4 cm³/mol. The average Bonchev–Trinajstić information content (AvgIpc) is 1.77. The second-order valence-corrected chi connectivity index (χ2v) is 2.65. The molecular weight excluding hydrogens is 102 g/mol. The Labute approximate surface area is 49.9 Å². The first-order valence-electron chi connectivity index (χ1n) is 3.30. The van der Waals surface area contributed by atoms with Crippen LogP contribution in [0.15, 0.2) is 0 Å². The van der Waals surface area contributed by atoms with E-state index in [1.54, 1.807) is 0 Å². The van der Waals surface area contributed by atoms with Crippen LogP contribution in [0.1, 0.15) is 13.3 Å². The van der Waals surface area contributed by atoms with Gasteiger partial charge in [0.05, 0.1) is 19.2 Å². The van der Waals surface area contributed by atoms with Gasteiger partial charge in [-0.1, -0.05) is 6.92 Å². The molecule has 48 valence electrons. The van der Waals surface area contributed by atoms with Gasteiger partial charge in [0.2, 0.25) is 0 Å². The van der Waals surface area contributed by atoms with Crippen LogP contribution >= 0.6 is 0 Å². The van der Waals surface area contributed by atoms with Crippen molar-refractivity contribution in [1.29, 1.82) is 0 Å². The van der Waals surface area contributed by atoms with E-state index in [-0.39, 0.29) is 6.10 Å². The number of hydrogen-bond acceptors (Lipinski definition) is 1. The Bertz CT molecular complexity index is 64.9. The first kappa shape index (κ1) is 6.05. The summed E-state index contributed by atoms with van der Waals surface area (Å²) in [6.07, 6.45) is 0.946. The Morgan fingerprint density at radius 3 is 2.75 bits per heavy atom. The van der Waals surface area contributed by atoms with Crippen LogP contribution in [0.4, 0.5) is 0 Å². The fourth-order valence-corrected chi connectivity index (χ4v) is 1.11. The molecule has 1 rings (SSSR count). The predicted octanol–water partition coefficient (Wildman–Crippen LogP) is -1.05. The first-order chi connectivity index (χ1) is 3.80. The van der Waals surface area contributed by atoms with Gasteiger partial charge in [0.15, 0.2) is 0 Å². The highest BCUT2D eigenvalue weighted by molar-refractivity contribution is 4.64. The molecule has 0 radical (unpaired) electrons. The summed E-state index contributed by atoms with van der Waals surface area (Å²) >= 11 is 0. The Balaban J connectivity index is 2.28. The Hall–Kier alpha value is -0.0800. The van der Waals surface area contributed by atoms with Crippen LogP contribution < -0.4 is 5.32 Å². The highest BCUT2D eigenvalue weighted by Crippen LogP contribution is 2.04. The second kappa shape index (κ2) is 2.46. The van der Waals surface area contributed by atoms with Gasteiger partial charge in [-0.25, -0.2) is 0 Å². The van der Waals surface area contributed by atoms with Gasteiger partial charge in [-0.3, -0.25) is 0 Å². The van der Waals surface area contributed by atoms with E-state index >= 15 is 0 Å². The number of aliphatic hydroxyl groups is 1. The van der Waals surface area contributed by atoms with Crippen molar-refractivity contribution in [2.45, 2.75) is 19.4 Å². The van der Waals surface area contributed by atoms with Crippen molar-refractivity contribution in [3.05, 3.63) is 0 Å². The summed E-state index contributed by atoms with van der Waals surface area (Å²) < 4.78 is 0. The third-order valence-corrected chi connectivity index (χ3v) is 1.86. The topological polar surface area (TPSA) is 36.8 Å². The molecule has 0 bridgehead atoms. The lowest BCUT2D eigenvalue weighted by Gasteiger charge is -2.21. The van der Waals surface area contributed by atoms with Gasteiger partial charge in [-0.2, -0.15) is 0 Å². The lowest BCUT2D eigenvalue weighted by atomic mass is 9.99. The van der Waals surface area contributed by atoms with E-state index in [9.17, 15) is 0 Å². The molecule has 0 aromatic carbocycles. The highest BCUT2D eigenvalue weighted by Gasteiger charge is 2.20. The van der Waals surface area contributed by atoms with Gasteiger partial charge >= 0.3 is 0 Å². The Morgan fingerprint density at radius 1 is 1.62 bits per heavy atom. The van der Waals surface area contributed by atoms with Gasteiger partial charge < -0.3 is 10.4 Å². The molecule has 2 nitrogen and oxygen atoms in total. The van der Waals surface area contributed by atoms with Gasteiger partial charge in [-0.05, 0) is 0 Å². The van der Waals surface area contributed by atoms with E-state index < -0.39 is 0 Å². The Kier molecular flexibility index (Phi) is 1.86. The molecule has 0 aromatic rings. The number of quaternary nitrogens is 1. The molecule has 0 aromatic heterocycles.